The average Bonchev–Trinajstić information content (AvgIpc) is 2.80. The summed E-state index contributed by atoms with van der Waals surface area (Å²) in [5.41, 5.74) is 2.03. The normalized spacial score (nSPS) is 10.8. The van der Waals surface area contributed by atoms with Gasteiger partial charge in [0, 0.05) is 19.0 Å². The Morgan fingerprint density at radius 2 is 2.06 bits per heavy atom. The van der Waals surface area contributed by atoms with Gasteiger partial charge in [0.25, 0.3) is 5.91 Å². The Bertz CT molecular complexity index is 557. The first kappa shape index (κ1) is 12.7. The van der Waals surface area contributed by atoms with Crippen molar-refractivity contribution in [2.24, 2.45) is 0 Å². The maximum absolute atomic E-state index is 12.1. The van der Waals surface area contributed by atoms with Crippen LogP contribution >= 0.6 is 0 Å². The number of amides is 1. The SMILES string of the molecule is CCCN(C)C(=O)c1cc2cc(CC)ccc2o1. The van der Waals surface area contributed by atoms with Gasteiger partial charge in [-0.15, -0.1) is 0 Å². The second-order valence-corrected chi connectivity index (χ2v) is 4.56. The number of carbonyl (C=O) groups is 1. The molecule has 0 N–H and O–H groups in total. The third-order valence-electron chi connectivity index (χ3n) is 3.11. The van der Waals surface area contributed by atoms with Crippen LogP contribution in [0.3, 0.4) is 0 Å². The first-order chi connectivity index (χ1) is 8.65. The highest BCUT2D eigenvalue weighted by Gasteiger charge is 2.16. The van der Waals surface area contributed by atoms with E-state index in [9.17, 15) is 4.79 Å². The van der Waals surface area contributed by atoms with Crippen molar-refractivity contribution >= 4 is 16.9 Å². The summed E-state index contributed by atoms with van der Waals surface area (Å²) in [5.74, 6) is 0.375. The van der Waals surface area contributed by atoms with Gasteiger partial charge in [0.1, 0.15) is 5.58 Å². The van der Waals surface area contributed by atoms with Gasteiger partial charge in [0.05, 0.1) is 0 Å². The zero-order chi connectivity index (χ0) is 13.1. The van der Waals surface area contributed by atoms with E-state index in [2.05, 4.69) is 19.9 Å². The van der Waals surface area contributed by atoms with Crippen LogP contribution in [0.1, 0.15) is 36.4 Å². The standard InChI is InChI=1S/C15H19NO2/c1-4-8-16(3)15(17)14-10-12-9-11(5-2)6-7-13(12)18-14/h6-7,9-10H,4-5,8H2,1-3H3. The van der Waals surface area contributed by atoms with Crippen molar-refractivity contribution < 1.29 is 9.21 Å². The molecule has 0 fully saturated rings. The summed E-state index contributed by atoms with van der Waals surface area (Å²) < 4.78 is 5.61. The van der Waals surface area contributed by atoms with Crippen LogP contribution in [-0.4, -0.2) is 24.4 Å². The lowest BCUT2D eigenvalue weighted by Gasteiger charge is -2.13. The first-order valence-corrected chi connectivity index (χ1v) is 6.43. The fourth-order valence-corrected chi connectivity index (χ4v) is 2.04. The number of carbonyl (C=O) groups excluding carboxylic acids is 1. The summed E-state index contributed by atoms with van der Waals surface area (Å²) in [6.07, 6.45) is 1.93. The molecule has 0 aliphatic rings. The molecule has 2 aromatic rings. The van der Waals surface area contributed by atoms with Gasteiger partial charge in [-0.3, -0.25) is 4.79 Å². The van der Waals surface area contributed by atoms with Crippen LogP contribution in [0, 0.1) is 0 Å². The Balaban J connectivity index is 2.32. The molecular formula is C15H19NO2. The fourth-order valence-electron chi connectivity index (χ4n) is 2.04. The van der Waals surface area contributed by atoms with Crippen LogP contribution in [0.15, 0.2) is 28.7 Å². The fraction of sp³-hybridized carbons (Fsp3) is 0.400. The van der Waals surface area contributed by atoms with Gasteiger partial charge in [0.15, 0.2) is 5.76 Å². The Morgan fingerprint density at radius 1 is 1.28 bits per heavy atom. The predicted molar refractivity (Wildman–Crippen MR) is 72.8 cm³/mol. The molecular weight excluding hydrogens is 226 g/mol. The van der Waals surface area contributed by atoms with Crippen molar-refractivity contribution in [2.75, 3.05) is 13.6 Å². The largest absolute Gasteiger partial charge is 0.451 e. The smallest absolute Gasteiger partial charge is 0.289 e. The van der Waals surface area contributed by atoms with Crippen LogP contribution in [0.2, 0.25) is 0 Å². The van der Waals surface area contributed by atoms with E-state index < -0.39 is 0 Å². The quantitative estimate of drug-likeness (QED) is 0.826. The van der Waals surface area contributed by atoms with Gasteiger partial charge in [-0.05, 0) is 36.6 Å². The molecule has 0 aliphatic heterocycles. The Hall–Kier alpha value is -1.77. The summed E-state index contributed by atoms with van der Waals surface area (Å²) >= 11 is 0. The molecule has 18 heavy (non-hydrogen) atoms. The molecule has 0 atom stereocenters. The lowest BCUT2D eigenvalue weighted by Crippen LogP contribution is -2.26. The van der Waals surface area contributed by atoms with Crippen molar-refractivity contribution in [3.63, 3.8) is 0 Å². The van der Waals surface area contributed by atoms with Crippen LogP contribution in [0.25, 0.3) is 11.0 Å². The first-order valence-electron chi connectivity index (χ1n) is 6.43. The second kappa shape index (κ2) is 5.25. The minimum atomic E-state index is -0.0499. The van der Waals surface area contributed by atoms with Crippen molar-refractivity contribution in [3.8, 4) is 0 Å². The number of fused-ring (bicyclic) bond motifs is 1. The molecule has 1 heterocycles. The third kappa shape index (κ3) is 2.40. The number of benzene rings is 1. The van der Waals surface area contributed by atoms with Gasteiger partial charge in [0.2, 0.25) is 0 Å². The molecule has 0 radical (unpaired) electrons. The predicted octanol–water partition coefficient (Wildman–Crippen LogP) is 3.48. The van der Waals surface area contributed by atoms with Crippen molar-refractivity contribution in [3.05, 3.63) is 35.6 Å². The highest BCUT2D eigenvalue weighted by molar-refractivity contribution is 5.96. The maximum Gasteiger partial charge on any atom is 0.289 e. The van der Waals surface area contributed by atoms with Gasteiger partial charge in [-0.1, -0.05) is 19.9 Å². The van der Waals surface area contributed by atoms with E-state index in [1.807, 2.05) is 18.2 Å². The number of hydrogen-bond acceptors (Lipinski definition) is 2. The lowest BCUT2D eigenvalue weighted by molar-refractivity contribution is 0.0766. The number of rotatable bonds is 4. The Labute approximate surface area is 107 Å². The minimum absolute atomic E-state index is 0.0499. The van der Waals surface area contributed by atoms with E-state index in [-0.39, 0.29) is 5.91 Å². The van der Waals surface area contributed by atoms with Gasteiger partial charge in [-0.25, -0.2) is 0 Å². The molecule has 0 saturated heterocycles. The Kier molecular flexibility index (Phi) is 3.70. The maximum atomic E-state index is 12.1. The minimum Gasteiger partial charge on any atom is -0.451 e. The second-order valence-electron chi connectivity index (χ2n) is 4.56. The van der Waals surface area contributed by atoms with E-state index in [1.54, 1.807) is 11.9 Å². The molecule has 0 bridgehead atoms. The lowest BCUT2D eigenvalue weighted by atomic mass is 10.1. The molecule has 1 aromatic heterocycles. The van der Waals surface area contributed by atoms with E-state index in [4.69, 9.17) is 4.42 Å². The number of furan rings is 1. The molecule has 1 aromatic carbocycles. The molecule has 2 rings (SSSR count). The topological polar surface area (TPSA) is 33.5 Å². The van der Waals surface area contributed by atoms with E-state index in [0.717, 1.165) is 30.4 Å². The molecule has 0 aliphatic carbocycles. The molecule has 0 saturated carbocycles. The average molecular weight is 245 g/mol. The van der Waals surface area contributed by atoms with Crippen LogP contribution in [0.5, 0.6) is 0 Å². The number of aryl methyl sites for hydroxylation is 1. The van der Waals surface area contributed by atoms with Crippen molar-refractivity contribution in [1.29, 1.82) is 0 Å². The summed E-state index contributed by atoms with van der Waals surface area (Å²) in [6, 6.07) is 7.89. The van der Waals surface area contributed by atoms with Crippen LogP contribution in [-0.2, 0) is 6.42 Å². The monoisotopic (exact) mass is 245 g/mol. The Morgan fingerprint density at radius 3 is 2.72 bits per heavy atom. The summed E-state index contributed by atoms with van der Waals surface area (Å²) in [7, 11) is 1.80. The van der Waals surface area contributed by atoms with Crippen LogP contribution < -0.4 is 0 Å². The van der Waals surface area contributed by atoms with E-state index in [1.165, 1.54) is 5.56 Å². The van der Waals surface area contributed by atoms with Crippen molar-refractivity contribution in [1.82, 2.24) is 4.90 Å². The van der Waals surface area contributed by atoms with Gasteiger partial charge in [-0.2, -0.15) is 0 Å². The van der Waals surface area contributed by atoms with E-state index in [0.29, 0.717) is 5.76 Å². The zero-order valence-electron chi connectivity index (χ0n) is 11.2. The highest BCUT2D eigenvalue weighted by atomic mass is 16.3. The number of hydrogen-bond donors (Lipinski definition) is 0. The van der Waals surface area contributed by atoms with Gasteiger partial charge < -0.3 is 9.32 Å². The molecule has 3 heteroatoms. The summed E-state index contributed by atoms with van der Waals surface area (Å²) in [5, 5.41) is 1.00. The summed E-state index contributed by atoms with van der Waals surface area (Å²) in [6.45, 7) is 4.91. The zero-order valence-corrected chi connectivity index (χ0v) is 11.2. The molecule has 1 amide bonds. The van der Waals surface area contributed by atoms with E-state index >= 15 is 0 Å². The number of nitrogens with zero attached hydrogens (tertiary/aromatic N) is 1. The highest BCUT2D eigenvalue weighted by Crippen LogP contribution is 2.22. The van der Waals surface area contributed by atoms with Crippen molar-refractivity contribution in [2.45, 2.75) is 26.7 Å². The third-order valence-corrected chi connectivity index (χ3v) is 3.11. The summed E-state index contributed by atoms with van der Waals surface area (Å²) in [4.78, 5) is 13.8. The van der Waals surface area contributed by atoms with Crippen LogP contribution in [0.4, 0.5) is 0 Å². The molecule has 0 unspecified atom stereocenters. The molecule has 0 spiro atoms. The molecule has 96 valence electrons. The van der Waals surface area contributed by atoms with Gasteiger partial charge >= 0.3 is 0 Å². The molecule has 3 nitrogen and oxygen atoms in total.